The van der Waals surface area contributed by atoms with E-state index in [1.165, 1.54) is 18.2 Å². The van der Waals surface area contributed by atoms with Crippen LogP contribution in [0.3, 0.4) is 0 Å². The number of hydrogen-bond acceptors (Lipinski definition) is 5. The van der Waals surface area contributed by atoms with Gasteiger partial charge in [0.1, 0.15) is 0 Å². The van der Waals surface area contributed by atoms with Crippen LogP contribution in [0.2, 0.25) is 0 Å². The van der Waals surface area contributed by atoms with E-state index >= 15 is 0 Å². The van der Waals surface area contributed by atoms with E-state index in [1.807, 2.05) is 0 Å². The molecule has 0 spiro atoms. The van der Waals surface area contributed by atoms with Crippen molar-refractivity contribution in [3.63, 3.8) is 0 Å². The lowest BCUT2D eigenvalue weighted by atomic mass is 10.2. The Balaban J connectivity index is 1.98. The van der Waals surface area contributed by atoms with E-state index in [9.17, 15) is 26.4 Å². The number of pyridine rings is 1. The third kappa shape index (κ3) is 7.35. The minimum absolute atomic E-state index is 0.0518. The van der Waals surface area contributed by atoms with Crippen LogP contribution in [-0.4, -0.2) is 38.1 Å². The number of aromatic nitrogens is 1. The molecule has 7 nitrogen and oxygen atoms in total. The molecule has 0 radical (unpaired) electrons. The second-order valence-corrected chi connectivity index (χ2v) is 8.11. The van der Waals surface area contributed by atoms with Crippen molar-refractivity contribution in [3.8, 4) is 5.88 Å². The summed E-state index contributed by atoms with van der Waals surface area (Å²) < 4.78 is 67.7. The van der Waals surface area contributed by atoms with Crippen LogP contribution < -0.4 is 14.8 Å². The van der Waals surface area contributed by atoms with Gasteiger partial charge in [-0.05, 0) is 37.6 Å². The summed E-state index contributed by atoms with van der Waals surface area (Å²) >= 11 is 0. The zero-order chi connectivity index (χ0) is 21.7. The number of benzene rings is 1. The summed E-state index contributed by atoms with van der Waals surface area (Å²) in [5, 5.41) is 2.60. The van der Waals surface area contributed by atoms with Crippen molar-refractivity contribution in [1.82, 2.24) is 15.0 Å². The molecule has 11 heteroatoms. The molecule has 0 fully saturated rings. The minimum atomic E-state index is -4.48. The first kappa shape index (κ1) is 22.6. The molecule has 0 atom stereocenters. The molecule has 1 aromatic carbocycles. The number of halogens is 3. The van der Waals surface area contributed by atoms with Crippen molar-refractivity contribution < 1.29 is 31.1 Å². The van der Waals surface area contributed by atoms with E-state index < -0.39 is 28.7 Å². The number of carbonyl (C=O) groups excluding carboxylic acids is 1. The molecule has 2 rings (SSSR count). The molecule has 0 saturated heterocycles. The maximum atomic E-state index is 12.2. The third-order valence-corrected chi connectivity index (χ3v) is 5.09. The lowest BCUT2D eigenvalue weighted by molar-refractivity contribution is -0.154. The van der Waals surface area contributed by atoms with Gasteiger partial charge in [-0.15, -0.1) is 0 Å². The van der Waals surface area contributed by atoms with Crippen LogP contribution in [0.5, 0.6) is 5.88 Å². The lowest BCUT2D eigenvalue weighted by Crippen LogP contribution is -2.30. The van der Waals surface area contributed by atoms with Gasteiger partial charge in [0.05, 0.1) is 10.5 Å². The van der Waals surface area contributed by atoms with Crippen LogP contribution in [0.15, 0.2) is 47.5 Å². The molecule has 0 saturated carbocycles. The van der Waals surface area contributed by atoms with Crippen LogP contribution in [0.25, 0.3) is 0 Å². The second-order valence-electron chi connectivity index (χ2n) is 6.40. The molecule has 1 aromatic heterocycles. The predicted molar refractivity (Wildman–Crippen MR) is 98.9 cm³/mol. The summed E-state index contributed by atoms with van der Waals surface area (Å²) in [5.41, 5.74) is 0.678. The van der Waals surface area contributed by atoms with Crippen molar-refractivity contribution in [2.75, 3.05) is 6.61 Å². The highest BCUT2D eigenvalue weighted by molar-refractivity contribution is 7.89. The summed E-state index contributed by atoms with van der Waals surface area (Å²) in [7, 11) is -3.66. The average Bonchev–Trinajstić information content (AvgIpc) is 2.63. The molecule has 0 aliphatic carbocycles. The molecule has 0 aliphatic rings. The monoisotopic (exact) mass is 431 g/mol. The molecule has 2 aromatic rings. The zero-order valence-corrected chi connectivity index (χ0v) is 16.5. The Labute approximate surface area is 166 Å². The summed E-state index contributed by atoms with van der Waals surface area (Å²) in [4.78, 5) is 15.9. The van der Waals surface area contributed by atoms with Crippen molar-refractivity contribution in [3.05, 3.63) is 53.7 Å². The standard InChI is InChI=1S/C18H20F3N3O4S/c1-12(2)24-29(26,27)15-5-3-4-13(8-15)9-23-17(25)14-6-7-16(22-10-14)28-11-18(19,20)21/h3-8,10,12,24H,9,11H2,1-2H3,(H,23,25). The molecule has 1 heterocycles. The fraction of sp³-hybridized carbons (Fsp3) is 0.333. The first-order chi connectivity index (χ1) is 13.5. The third-order valence-electron chi connectivity index (χ3n) is 3.43. The number of sulfonamides is 1. The molecule has 2 N–H and O–H groups in total. The largest absolute Gasteiger partial charge is 0.468 e. The first-order valence-corrected chi connectivity index (χ1v) is 10.00. The van der Waals surface area contributed by atoms with Gasteiger partial charge in [-0.1, -0.05) is 12.1 Å². The van der Waals surface area contributed by atoms with Crippen molar-refractivity contribution in [2.45, 2.75) is 37.5 Å². The van der Waals surface area contributed by atoms with Crippen LogP contribution in [0.1, 0.15) is 29.8 Å². The first-order valence-electron chi connectivity index (χ1n) is 8.51. The number of carbonyl (C=O) groups is 1. The van der Waals surface area contributed by atoms with E-state index in [0.29, 0.717) is 5.56 Å². The molecule has 1 amide bonds. The summed E-state index contributed by atoms with van der Waals surface area (Å²) in [6.45, 7) is 1.98. The molecule has 158 valence electrons. The van der Waals surface area contributed by atoms with Gasteiger partial charge in [0, 0.05) is 24.8 Å². The predicted octanol–water partition coefficient (Wildman–Crippen LogP) is 2.64. The Morgan fingerprint density at radius 3 is 2.52 bits per heavy atom. The van der Waals surface area contributed by atoms with E-state index in [2.05, 4.69) is 19.8 Å². The van der Waals surface area contributed by atoms with E-state index in [0.717, 1.165) is 12.3 Å². The van der Waals surface area contributed by atoms with Gasteiger partial charge < -0.3 is 10.1 Å². The molecule has 0 unspecified atom stereocenters. The van der Waals surface area contributed by atoms with Crippen molar-refractivity contribution in [2.24, 2.45) is 0 Å². The second kappa shape index (κ2) is 9.23. The molecule has 0 aliphatic heterocycles. The number of amides is 1. The SMILES string of the molecule is CC(C)NS(=O)(=O)c1cccc(CNC(=O)c2ccc(OCC(F)(F)F)nc2)c1. The highest BCUT2D eigenvalue weighted by atomic mass is 32.2. The summed E-state index contributed by atoms with van der Waals surface area (Å²) in [6, 6.07) is 8.27. The minimum Gasteiger partial charge on any atom is -0.468 e. The van der Waals surface area contributed by atoms with Crippen LogP contribution >= 0.6 is 0 Å². The number of alkyl halides is 3. The maximum absolute atomic E-state index is 12.2. The average molecular weight is 431 g/mol. The molecule has 29 heavy (non-hydrogen) atoms. The quantitative estimate of drug-likeness (QED) is 0.670. The highest BCUT2D eigenvalue weighted by Crippen LogP contribution is 2.17. The Kier molecular flexibility index (Phi) is 7.20. The fourth-order valence-electron chi connectivity index (χ4n) is 2.24. The topological polar surface area (TPSA) is 97.4 Å². The van der Waals surface area contributed by atoms with Crippen LogP contribution in [0.4, 0.5) is 13.2 Å². The normalized spacial score (nSPS) is 12.1. The van der Waals surface area contributed by atoms with Gasteiger partial charge in [0.2, 0.25) is 15.9 Å². The molecular formula is C18H20F3N3O4S. The van der Waals surface area contributed by atoms with Gasteiger partial charge in [0.15, 0.2) is 6.61 Å². The highest BCUT2D eigenvalue weighted by Gasteiger charge is 2.28. The Morgan fingerprint density at radius 2 is 1.93 bits per heavy atom. The lowest BCUT2D eigenvalue weighted by Gasteiger charge is -2.11. The number of rotatable bonds is 8. The Hall–Kier alpha value is -2.66. The maximum Gasteiger partial charge on any atom is 0.422 e. The number of nitrogens with one attached hydrogen (secondary N) is 2. The van der Waals surface area contributed by atoms with E-state index in [4.69, 9.17) is 0 Å². The number of hydrogen-bond donors (Lipinski definition) is 2. The smallest absolute Gasteiger partial charge is 0.422 e. The van der Waals surface area contributed by atoms with E-state index in [-0.39, 0.29) is 28.9 Å². The molecule has 0 bridgehead atoms. The van der Waals surface area contributed by atoms with Gasteiger partial charge in [-0.2, -0.15) is 13.2 Å². The van der Waals surface area contributed by atoms with Gasteiger partial charge in [-0.25, -0.2) is 18.1 Å². The van der Waals surface area contributed by atoms with E-state index in [1.54, 1.807) is 26.0 Å². The Bertz CT molecular complexity index is 946. The number of nitrogens with zero attached hydrogens (tertiary/aromatic N) is 1. The van der Waals surface area contributed by atoms with Crippen LogP contribution in [-0.2, 0) is 16.6 Å². The van der Waals surface area contributed by atoms with Crippen molar-refractivity contribution >= 4 is 15.9 Å². The molecular weight excluding hydrogens is 411 g/mol. The fourth-order valence-corrected chi connectivity index (χ4v) is 3.56. The van der Waals surface area contributed by atoms with Gasteiger partial charge >= 0.3 is 6.18 Å². The van der Waals surface area contributed by atoms with Crippen LogP contribution in [0, 0.1) is 0 Å². The van der Waals surface area contributed by atoms with Gasteiger partial charge in [0.25, 0.3) is 5.91 Å². The summed E-state index contributed by atoms with van der Waals surface area (Å²) in [6.07, 6.45) is -3.39. The van der Waals surface area contributed by atoms with Crippen molar-refractivity contribution in [1.29, 1.82) is 0 Å². The number of ether oxygens (including phenoxy) is 1. The Morgan fingerprint density at radius 1 is 1.21 bits per heavy atom. The van der Waals surface area contributed by atoms with Gasteiger partial charge in [-0.3, -0.25) is 4.79 Å². The summed E-state index contributed by atoms with van der Waals surface area (Å²) in [5.74, 6) is -0.775. The zero-order valence-electron chi connectivity index (χ0n) is 15.7.